The topological polar surface area (TPSA) is 42.2 Å². The number of fused-ring (bicyclic) bond motifs is 1. The minimum absolute atomic E-state index is 0.360. The summed E-state index contributed by atoms with van der Waals surface area (Å²) >= 11 is 6.87. The van der Waals surface area contributed by atoms with Crippen LogP contribution in [0.25, 0.3) is 0 Å². The summed E-state index contributed by atoms with van der Waals surface area (Å²) in [6, 6.07) is 6.76. The summed E-state index contributed by atoms with van der Waals surface area (Å²) in [6.45, 7) is 4.29. The molecule has 20 heavy (non-hydrogen) atoms. The minimum atomic E-state index is 0.360. The maximum Gasteiger partial charge on any atom is 0.122 e. The van der Waals surface area contributed by atoms with Crippen molar-refractivity contribution in [3.63, 3.8) is 0 Å². The smallest absolute Gasteiger partial charge is 0.122 e. The molecule has 0 bridgehead atoms. The van der Waals surface area contributed by atoms with Crippen LogP contribution in [0.1, 0.15) is 34.7 Å². The molecule has 0 amide bonds. The van der Waals surface area contributed by atoms with Gasteiger partial charge in [-0.05, 0) is 48.1 Å². The number of pyridine rings is 1. The molecule has 3 heterocycles. The molecule has 1 aliphatic heterocycles. The number of nitrogens with zero attached hydrogens (tertiary/aromatic N) is 2. The lowest BCUT2D eigenvalue weighted by molar-refractivity contribution is 0.191. The van der Waals surface area contributed by atoms with E-state index in [1.165, 1.54) is 16.0 Å². The molecule has 5 heteroatoms. The molecular weight excluding hydrogens is 286 g/mol. The predicted octanol–water partition coefficient (Wildman–Crippen LogP) is 2.90. The number of thiocarbonyl (C=S) groups is 1. The summed E-state index contributed by atoms with van der Waals surface area (Å²) < 4.78 is 0. The van der Waals surface area contributed by atoms with Gasteiger partial charge in [0.15, 0.2) is 0 Å². The zero-order valence-corrected chi connectivity index (χ0v) is 13.0. The van der Waals surface area contributed by atoms with Crippen molar-refractivity contribution in [2.24, 2.45) is 5.73 Å². The van der Waals surface area contributed by atoms with E-state index >= 15 is 0 Å². The highest BCUT2D eigenvalue weighted by atomic mass is 32.1. The fourth-order valence-corrected chi connectivity index (χ4v) is 3.79. The molecule has 3 rings (SSSR count). The van der Waals surface area contributed by atoms with Gasteiger partial charge in [-0.25, -0.2) is 0 Å². The molecule has 0 fully saturated rings. The van der Waals surface area contributed by atoms with Crippen LogP contribution < -0.4 is 5.73 Å². The van der Waals surface area contributed by atoms with Crippen LogP contribution in [0.3, 0.4) is 0 Å². The molecule has 1 atom stereocenters. The van der Waals surface area contributed by atoms with Crippen LogP contribution in [0, 0.1) is 0 Å². The highest BCUT2D eigenvalue weighted by Gasteiger charge is 2.24. The standard InChI is InChI=1S/C15H17N3S2/c1-10-12-4-7-20-14(12)3-6-18(10)9-11-2-5-17-13(8-11)15(16)19/h2,4-5,7-8,10H,3,6,9H2,1H3,(H2,16,19). The second kappa shape index (κ2) is 5.60. The Hall–Kier alpha value is -1.30. The van der Waals surface area contributed by atoms with Gasteiger partial charge in [-0.15, -0.1) is 11.3 Å². The molecule has 0 saturated heterocycles. The highest BCUT2D eigenvalue weighted by Crippen LogP contribution is 2.33. The summed E-state index contributed by atoms with van der Waals surface area (Å²) in [6.07, 6.45) is 2.93. The van der Waals surface area contributed by atoms with E-state index in [9.17, 15) is 0 Å². The maximum atomic E-state index is 5.65. The van der Waals surface area contributed by atoms with Crippen molar-refractivity contribution in [3.05, 3.63) is 51.5 Å². The van der Waals surface area contributed by atoms with E-state index < -0.39 is 0 Å². The van der Waals surface area contributed by atoms with Crippen molar-refractivity contribution in [1.82, 2.24) is 9.88 Å². The lowest BCUT2D eigenvalue weighted by atomic mass is 10.0. The summed E-state index contributed by atoms with van der Waals surface area (Å²) in [5.74, 6) is 0. The predicted molar refractivity (Wildman–Crippen MR) is 87.0 cm³/mol. The van der Waals surface area contributed by atoms with Gasteiger partial charge in [-0.2, -0.15) is 0 Å². The normalized spacial score (nSPS) is 18.8. The number of aromatic nitrogens is 1. The molecule has 0 aliphatic carbocycles. The van der Waals surface area contributed by atoms with E-state index in [4.69, 9.17) is 18.0 Å². The highest BCUT2D eigenvalue weighted by molar-refractivity contribution is 7.80. The Morgan fingerprint density at radius 3 is 3.20 bits per heavy atom. The van der Waals surface area contributed by atoms with Crippen molar-refractivity contribution in [1.29, 1.82) is 0 Å². The van der Waals surface area contributed by atoms with Gasteiger partial charge < -0.3 is 5.73 Å². The third-order valence-corrected chi connectivity index (χ3v) is 5.07. The number of hydrogen-bond donors (Lipinski definition) is 1. The number of hydrogen-bond acceptors (Lipinski definition) is 4. The first-order valence-corrected chi connectivity index (χ1v) is 7.99. The fraction of sp³-hybridized carbons (Fsp3) is 0.333. The fourth-order valence-electron chi connectivity index (χ4n) is 2.72. The van der Waals surface area contributed by atoms with Crippen molar-refractivity contribution in [3.8, 4) is 0 Å². The van der Waals surface area contributed by atoms with Gasteiger partial charge in [0.05, 0.1) is 5.69 Å². The van der Waals surface area contributed by atoms with Gasteiger partial charge in [0, 0.05) is 30.2 Å². The number of rotatable bonds is 3. The van der Waals surface area contributed by atoms with Crippen molar-refractivity contribution in [2.75, 3.05) is 6.54 Å². The zero-order chi connectivity index (χ0) is 14.1. The second-order valence-electron chi connectivity index (χ2n) is 5.11. The van der Waals surface area contributed by atoms with Crippen LogP contribution in [0.4, 0.5) is 0 Å². The molecule has 0 radical (unpaired) electrons. The van der Waals surface area contributed by atoms with Gasteiger partial charge in [-0.3, -0.25) is 9.88 Å². The Labute approximate surface area is 128 Å². The molecule has 2 aromatic rings. The molecule has 1 aliphatic rings. The molecule has 3 nitrogen and oxygen atoms in total. The van der Waals surface area contributed by atoms with E-state index in [0.717, 1.165) is 19.5 Å². The van der Waals surface area contributed by atoms with Crippen LogP contribution in [0.2, 0.25) is 0 Å². The number of thiophene rings is 1. The van der Waals surface area contributed by atoms with Crippen LogP contribution in [0.5, 0.6) is 0 Å². The van der Waals surface area contributed by atoms with Gasteiger partial charge in [0.1, 0.15) is 4.99 Å². The quantitative estimate of drug-likeness (QED) is 0.885. The Kier molecular flexibility index (Phi) is 3.83. The monoisotopic (exact) mass is 303 g/mol. The number of nitrogens with two attached hydrogens (primary N) is 1. The molecule has 0 aromatic carbocycles. The Balaban J connectivity index is 1.79. The summed E-state index contributed by atoms with van der Waals surface area (Å²) in [4.78, 5) is 8.58. The van der Waals surface area contributed by atoms with Crippen LogP contribution in [-0.2, 0) is 13.0 Å². The molecule has 1 unspecified atom stereocenters. The summed E-state index contributed by atoms with van der Waals surface area (Å²) in [5.41, 5.74) is 9.05. The molecule has 2 aromatic heterocycles. The third-order valence-electron chi connectivity index (χ3n) is 3.87. The van der Waals surface area contributed by atoms with E-state index in [1.54, 1.807) is 6.20 Å². The average Bonchev–Trinajstić information content (AvgIpc) is 2.91. The Bertz CT molecular complexity index is 636. The van der Waals surface area contributed by atoms with Crippen molar-refractivity contribution in [2.45, 2.75) is 25.9 Å². The molecule has 0 spiro atoms. The average molecular weight is 303 g/mol. The minimum Gasteiger partial charge on any atom is -0.388 e. The van der Waals surface area contributed by atoms with E-state index in [-0.39, 0.29) is 0 Å². The van der Waals surface area contributed by atoms with Gasteiger partial charge in [0.2, 0.25) is 0 Å². The molecule has 2 N–H and O–H groups in total. The SMILES string of the molecule is CC1c2ccsc2CCN1Cc1ccnc(C(N)=S)c1. The summed E-state index contributed by atoms with van der Waals surface area (Å²) in [7, 11) is 0. The largest absolute Gasteiger partial charge is 0.388 e. The molecule has 104 valence electrons. The zero-order valence-electron chi connectivity index (χ0n) is 11.4. The van der Waals surface area contributed by atoms with E-state index in [0.29, 0.717) is 16.7 Å². The van der Waals surface area contributed by atoms with Crippen LogP contribution in [0.15, 0.2) is 29.8 Å². The van der Waals surface area contributed by atoms with Crippen molar-refractivity contribution < 1.29 is 0 Å². The maximum absolute atomic E-state index is 5.65. The second-order valence-corrected chi connectivity index (χ2v) is 6.55. The van der Waals surface area contributed by atoms with Crippen molar-refractivity contribution >= 4 is 28.5 Å². The van der Waals surface area contributed by atoms with Crippen LogP contribution >= 0.6 is 23.6 Å². The Morgan fingerprint density at radius 1 is 1.55 bits per heavy atom. The first-order chi connectivity index (χ1) is 9.65. The first-order valence-electron chi connectivity index (χ1n) is 6.70. The molecule has 0 saturated carbocycles. The van der Waals surface area contributed by atoms with E-state index in [1.807, 2.05) is 23.5 Å². The first kappa shape index (κ1) is 13.7. The lowest BCUT2D eigenvalue weighted by Gasteiger charge is -2.33. The van der Waals surface area contributed by atoms with Gasteiger partial charge in [-0.1, -0.05) is 12.2 Å². The summed E-state index contributed by atoms with van der Waals surface area (Å²) in [5, 5.41) is 2.20. The van der Waals surface area contributed by atoms with Gasteiger partial charge >= 0.3 is 0 Å². The van der Waals surface area contributed by atoms with E-state index in [2.05, 4.69) is 28.3 Å². The molecular formula is C15H17N3S2. The third kappa shape index (κ3) is 2.61. The Morgan fingerprint density at radius 2 is 2.40 bits per heavy atom. The lowest BCUT2D eigenvalue weighted by Crippen LogP contribution is -2.32. The van der Waals surface area contributed by atoms with Crippen LogP contribution in [-0.4, -0.2) is 21.4 Å². The van der Waals surface area contributed by atoms with Gasteiger partial charge in [0.25, 0.3) is 0 Å².